The van der Waals surface area contributed by atoms with Crippen molar-refractivity contribution in [1.82, 2.24) is 5.32 Å². The summed E-state index contributed by atoms with van der Waals surface area (Å²) in [5, 5.41) is 30.2. The number of aliphatic hydroxyl groups excluding tert-OH is 3. The van der Waals surface area contributed by atoms with Crippen molar-refractivity contribution in [3.05, 3.63) is 58.7 Å². The number of hydrogen-bond acceptors (Lipinski definition) is 7. The zero-order valence-corrected chi connectivity index (χ0v) is 22.3. The molecule has 0 aromatic rings. The molecule has 0 heterocycles. The van der Waals surface area contributed by atoms with Gasteiger partial charge in [0, 0.05) is 12.8 Å². The molecule has 1 unspecified atom stereocenters. The van der Waals surface area contributed by atoms with Gasteiger partial charge in [-0.15, -0.1) is 0 Å². The Balaban J connectivity index is 2.85. The lowest BCUT2D eigenvalue weighted by Gasteiger charge is -2.36. The molecule has 36 heavy (non-hydrogen) atoms. The van der Waals surface area contributed by atoms with E-state index in [2.05, 4.69) is 5.32 Å². The van der Waals surface area contributed by atoms with E-state index in [1.807, 2.05) is 71.1 Å². The number of rotatable bonds is 12. The molecular weight excluding hydrogens is 462 g/mol. The van der Waals surface area contributed by atoms with Crippen LogP contribution in [0.15, 0.2) is 58.7 Å². The number of allylic oxidation sites excluding steroid dienone is 9. The summed E-state index contributed by atoms with van der Waals surface area (Å²) < 4.78 is 5.43. The Labute approximate surface area is 214 Å². The van der Waals surface area contributed by atoms with Crippen LogP contribution in [0, 0.1) is 5.41 Å². The van der Waals surface area contributed by atoms with E-state index in [0.29, 0.717) is 12.0 Å². The van der Waals surface area contributed by atoms with Crippen LogP contribution >= 0.6 is 0 Å². The summed E-state index contributed by atoms with van der Waals surface area (Å²) in [5.74, 6) is -1.60. The molecule has 8 heteroatoms. The third kappa shape index (κ3) is 9.00. The summed E-state index contributed by atoms with van der Waals surface area (Å²) in [6, 6.07) is 0. The van der Waals surface area contributed by atoms with Gasteiger partial charge in [-0.1, -0.05) is 61.4 Å². The van der Waals surface area contributed by atoms with Crippen LogP contribution in [0.4, 0.5) is 0 Å². The second-order valence-electron chi connectivity index (χ2n) is 9.91. The summed E-state index contributed by atoms with van der Waals surface area (Å²) >= 11 is 0. The Kier molecular flexibility index (Phi) is 12.2. The monoisotopic (exact) mass is 503 g/mol. The maximum absolute atomic E-state index is 13.0. The Morgan fingerprint density at radius 1 is 1.08 bits per heavy atom. The van der Waals surface area contributed by atoms with Gasteiger partial charge in [0.2, 0.25) is 5.91 Å². The average molecular weight is 504 g/mol. The second kappa shape index (κ2) is 14.1. The van der Waals surface area contributed by atoms with Crippen molar-refractivity contribution >= 4 is 17.7 Å². The predicted molar refractivity (Wildman–Crippen MR) is 139 cm³/mol. The number of carbonyl (C=O) groups excluding carboxylic acids is 3. The van der Waals surface area contributed by atoms with Crippen molar-refractivity contribution in [2.45, 2.75) is 72.4 Å². The maximum atomic E-state index is 13.0. The van der Waals surface area contributed by atoms with E-state index in [9.17, 15) is 29.7 Å². The summed E-state index contributed by atoms with van der Waals surface area (Å²) in [5.41, 5.74) is 1.62. The topological polar surface area (TPSA) is 133 Å². The Morgan fingerprint density at radius 2 is 1.69 bits per heavy atom. The number of hydrogen-bond donors (Lipinski definition) is 4. The van der Waals surface area contributed by atoms with Gasteiger partial charge < -0.3 is 25.4 Å². The lowest BCUT2D eigenvalue weighted by Crippen LogP contribution is -2.57. The number of ether oxygens (including phenoxy) is 1. The molecule has 1 atom stereocenters. The van der Waals surface area contributed by atoms with E-state index in [0.717, 1.165) is 16.7 Å². The van der Waals surface area contributed by atoms with Crippen molar-refractivity contribution in [2.75, 3.05) is 19.8 Å². The number of ketones is 1. The molecule has 1 rings (SSSR count). The van der Waals surface area contributed by atoms with Crippen LogP contribution < -0.4 is 5.32 Å². The highest BCUT2D eigenvalue weighted by molar-refractivity contribution is 6.01. The number of nitrogens with one attached hydrogen (secondary N) is 1. The molecule has 0 saturated carbocycles. The molecule has 0 fully saturated rings. The molecule has 0 spiro atoms. The van der Waals surface area contributed by atoms with Crippen LogP contribution in [0.25, 0.3) is 0 Å². The normalized spacial score (nSPS) is 19.4. The van der Waals surface area contributed by atoms with E-state index in [4.69, 9.17) is 4.74 Å². The third-order valence-electron chi connectivity index (χ3n) is 6.32. The van der Waals surface area contributed by atoms with Crippen molar-refractivity contribution in [3.8, 4) is 0 Å². The molecule has 1 aliphatic carbocycles. The Hall–Kier alpha value is -2.81. The number of carbonyl (C=O) groups is 3. The molecular formula is C28H41NO7. The molecule has 0 aromatic carbocycles. The van der Waals surface area contributed by atoms with Crippen LogP contribution in [0.5, 0.6) is 0 Å². The first kappa shape index (κ1) is 31.2. The standard InChI is InChI=1S/C28H41NO7/c1-7-19(2)9-8-10-20(3)11-12-22-21(4)26(35)23(15-27(22,5)6)36-25(34)14-13-24(33)29-28(16-30,17-31)18-32/h7-12,23,30-32H,13-18H2,1-6H3,(H,29,33)/b9-8+,12-11+,19-7+,20-10+. The van der Waals surface area contributed by atoms with Gasteiger partial charge in [0.15, 0.2) is 11.9 Å². The molecule has 8 nitrogen and oxygen atoms in total. The highest BCUT2D eigenvalue weighted by Crippen LogP contribution is 2.40. The molecule has 0 aromatic heterocycles. The summed E-state index contributed by atoms with van der Waals surface area (Å²) in [6.45, 7) is 9.70. The van der Waals surface area contributed by atoms with E-state index in [-0.39, 0.29) is 18.6 Å². The molecule has 1 amide bonds. The van der Waals surface area contributed by atoms with Crippen LogP contribution in [-0.2, 0) is 19.1 Å². The van der Waals surface area contributed by atoms with Gasteiger partial charge in [0.25, 0.3) is 0 Å². The predicted octanol–water partition coefficient (Wildman–Crippen LogP) is 2.85. The van der Waals surface area contributed by atoms with Crippen LogP contribution in [0.1, 0.15) is 60.8 Å². The zero-order valence-electron chi connectivity index (χ0n) is 22.3. The number of amides is 1. The Bertz CT molecular complexity index is 954. The molecule has 1 aliphatic rings. The number of aliphatic hydroxyl groups is 3. The fourth-order valence-corrected chi connectivity index (χ4v) is 3.77. The number of Topliss-reactive ketones (excluding diaryl/α,β-unsaturated/α-hetero) is 1. The number of esters is 1. The fourth-order valence-electron chi connectivity index (χ4n) is 3.77. The maximum Gasteiger partial charge on any atom is 0.307 e. The van der Waals surface area contributed by atoms with Crippen molar-refractivity contribution in [1.29, 1.82) is 0 Å². The summed E-state index contributed by atoms with van der Waals surface area (Å²) in [7, 11) is 0. The van der Waals surface area contributed by atoms with Crippen LogP contribution in [-0.4, -0.2) is 64.4 Å². The molecule has 0 aliphatic heterocycles. The van der Waals surface area contributed by atoms with Gasteiger partial charge >= 0.3 is 5.97 Å². The van der Waals surface area contributed by atoms with Gasteiger partial charge in [0.05, 0.1) is 26.2 Å². The van der Waals surface area contributed by atoms with Crippen LogP contribution in [0.3, 0.4) is 0 Å². The van der Waals surface area contributed by atoms with Crippen LogP contribution in [0.2, 0.25) is 0 Å². The molecule has 0 bridgehead atoms. The van der Waals surface area contributed by atoms with E-state index in [1.54, 1.807) is 6.92 Å². The van der Waals surface area contributed by atoms with Gasteiger partial charge in [-0.25, -0.2) is 0 Å². The van der Waals surface area contributed by atoms with E-state index < -0.39 is 48.8 Å². The van der Waals surface area contributed by atoms with Gasteiger partial charge in [-0.05, 0) is 44.3 Å². The lowest BCUT2D eigenvalue weighted by molar-refractivity contribution is -0.156. The SMILES string of the molecule is C/C=C(C)/C=C/C=C(C)/C=C/C1=C(C)C(=O)C(OC(=O)CCC(=O)NC(CO)(CO)CO)CC1(C)C. The Morgan fingerprint density at radius 3 is 2.25 bits per heavy atom. The zero-order chi connectivity index (χ0) is 27.5. The van der Waals surface area contributed by atoms with Gasteiger partial charge in [-0.2, -0.15) is 0 Å². The van der Waals surface area contributed by atoms with E-state index in [1.165, 1.54) is 0 Å². The summed E-state index contributed by atoms with van der Waals surface area (Å²) in [4.78, 5) is 37.4. The molecule has 0 radical (unpaired) electrons. The molecule has 200 valence electrons. The smallest absolute Gasteiger partial charge is 0.307 e. The first-order valence-corrected chi connectivity index (χ1v) is 12.1. The van der Waals surface area contributed by atoms with Crippen molar-refractivity contribution < 1.29 is 34.4 Å². The van der Waals surface area contributed by atoms with Crippen molar-refractivity contribution in [3.63, 3.8) is 0 Å². The summed E-state index contributed by atoms with van der Waals surface area (Å²) in [6.07, 6.45) is 10.7. The second-order valence-corrected chi connectivity index (χ2v) is 9.91. The largest absolute Gasteiger partial charge is 0.454 e. The molecule has 0 saturated heterocycles. The quantitative estimate of drug-likeness (QED) is 0.238. The minimum atomic E-state index is -1.56. The highest BCUT2D eigenvalue weighted by atomic mass is 16.5. The minimum Gasteiger partial charge on any atom is -0.454 e. The lowest BCUT2D eigenvalue weighted by atomic mass is 9.71. The first-order valence-electron chi connectivity index (χ1n) is 12.1. The van der Waals surface area contributed by atoms with Crippen molar-refractivity contribution in [2.24, 2.45) is 5.41 Å². The highest BCUT2D eigenvalue weighted by Gasteiger charge is 2.40. The van der Waals surface area contributed by atoms with E-state index >= 15 is 0 Å². The van der Waals surface area contributed by atoms with Gasteiger partial charge in [-0.3, -0.25) is 14.4 Å². The minimum absolute atomic E-state index is 0.267. The molecule has 4 N–H and O–H groups in total. The first-order chi connectivity index (χ1) is 16.8. The fraction of sp³-hybridized carbons (Fsp3) is 0.536. The van der Waals surface area contributed by atoms with Gasteiger partial charge in [0.1, 0.15) is 5.54 Å². The third-order valence-corrected chi connectivity index (χ3v) is 6.32. The average Bonchev–Trinajstić information content (AvgIpc) is 2.84.